The van der Waals surface area contributed by atoms with Gasteiger partial charge in [-0.15, -0.1) is 0 Å². The first kappa shape index (κ1) is 20.1. The fourth-order valence-electron chi connectivity index (χ4n) is 3.58. The van der Waals surface area contributed by atoms with Crippen LogP contribution in [-0.4, -0.2) is 33.5 Å². The molecule has 0 saturated carbocycles. The van der Waals surface area contributed by atoms with E-state index in [1.54, 1.807) is 38.1 Å². The highest BCUT2D eigenvalue weighted by Gasteiger charge is 2.29. The quantitative estimate of drug-likeness (QED) is 0.276. The summed E-state index contributed by atoms with van der Waals surface area (Å²) in [6.07, 6.45) is 1.37. The molecule has 160 valence electrons. The van der Waals surface area contributed by atoms with Crippen molar-refractivity contribution in [2.75, 3.05) is 7.11 Å². The van der Waals surface area contributed by atoms with Crippen molar-refractivity contribution >= 4 is 5.97 Å². The Balaban J connectivity index is 1.82. The van der Waals surface area contributed by atoms with Crippen molar-refractivity contribution in [3.8, 4) is 11.5 Å². The van der Waals surface area contributed by atoms with Gasteiger partial charge in [0.2, 0.25) is 5.76 Å². The van der Waals surface area contributed by atoms with E-state index in [4.69, 9.17) is 13.9 Å². The second-order valence-electron chi connectivity index (χ2n) is 6.95. The minimum absolute atomic E-state index is 0.0490. The molecule has 1 aromatic carbocycles. The molecule has 0 unspecified atom stereocenters. The van der Waals surface area contributed by atoms with Crippen molar-refractivity contribution in [3.63, 3.8) is 0 Å². The van der Waals surface area contributed by atoms with E-state index >= 15 is 0 Å². The summed E-state index contributed by atoms with van der Waals surface area (Å²) in [4.78, 5) is 37.3. The van der Waals surface area contributed by atoms with E-state index in [0.29, 0.717) is 28.1 Å². The van der Waals surface area contributed by atoms with E-state index in [2.05, 4.69) is 20.4 Å². The number of carbonyl (C=O) groups excluding carboxylic acids is 1. The van der Waals surface area contributed by atoms with E-state index in [9.17, 15) is 14.4 Å². The second-order valence-corrected chi connectivity index (χ2v) is 6.95. The van der Waals surface area contributed by atoms with Crippen LogP contribution in [0.1, 0.15) is 44.6 Å². The third-order valence-electron chi connectivity index (χ3n) is 5.05. The Morgan fingerprint density at radius 1 is 0.935 bits per heavy atom. The molecule has 0 aliphatic heterocycles. The molecule has 0 amide bonds. The summed E-state index contributed by atoms with van der Waals surface area (Å²) >= 11 is 0. The molecule has 0 aliphatic carbocycles. The first-order valence-electron chi connectivity index (χ1n) is 9.38. The van der Waals surface area contributed by atoms with Crippen LogP contribution in [0.25, 0.3) is 0 Å². The third-order valence-corrected chi connectivity index (χ3v) is 5.05. The normalized spacial score (nSPS) is 11.1. The molecule has 0 aliphatic rings. The molecule has 3 aromatic heterocycles. The molecule has 0 saturated heterocycles. The van der Waals surface area contributed by atoms with Gasteiger partial charge in [0.05, 0.1) is 24.5 Å². The highest BCUT2D eigenvalue weighted by Crippen LogP contribution is 2.36. The second kappa shape index (κ2) is 7.90. The van der Waals surface area contributed by atoms with E-state index in [0.717, 1.165) is 0 Å². The zero-order valence-corrected chi connectivity index (χ0v) is 17.0. The number of aryl methyl sites for hydroxylation is 2. The maximum Gasteiger partial charge on any atom is 0.379 e. The molecule has 0 fully saturated rings. The highest BCUT2D eigenvalue weighted by molar-refractivity contribution is 5.88. The zero-order chi connectivity index (χ0) is 22.1. The summed E-state index contributed by atoms with van der Waals surface area (Å²) in [6.45, 7) is 3.49. The topological polar surface area (TPSA) is 146 Å². The van der Waals surface area contributed by atoms with Crippen molar-refractivity contribution in [2.24, 2.45) is 0 Å². The third kappa shape index (κ3) is 3.59. The molecule has 0 spiro atoms. The van der Waals surface area contributed by atoms with Gasteiger partial charge in [-0.1, -0.05) is 6.07 Å². The number of ether oxygens (including phenoxy) is 2. The Labute approximate surface area is 175 Å². The summed E-state index contributed by atoms with van der Waals surface area (Å²) in [6, 6.07) is 7.92. The van der Waals surface area contributed by atoms with Gasteiger partial charge in [0.25, 0.3) is 11.1 Å². The number of H-pyrrole nitrogens is 4. The van der Waals surface area contributed by atoms with Crippen LogP contribution in [0, 0.1) is 13.8 Å². The Kier molecular flexibility index (Phi) is 5.12. The fraction of sp³-hybridized carbons (Fsp3) is 0.190. The van der Waals surface area contributed by atoms with Crippen molar-refractivity contribution < 1.29 is 18.7 Å². The predicted octanol–water partition coefficient (Wildman–Crippen LogP) is 2.34. The van der Waals surface area contributed by atoms with Gasteiger partial charge in [-0.25, -0.2) is 4.79 Å². The lowest BCUT2D eigenvalue weighted by Crippen LogP contribution is -2.20. The van der Waals surface area contributed by atoms with Gasteiger partial charge in [0, 0.05) is 17.3 Å². The minimum Gasteiger partial charge on any atom is -0.493 e. The molecular weight excluding hydrogens is 404 g/mol. The number of methoxy groups -OCH3 is 1. The number of carbonyl (C=O) groups is 1. The maximum atomic E-state index is 12.6. The van der Waals surface area contributed by atoms with Crippen LogP contribution in [0.5, 0.6) is 11.5 Å². The number of hydrogen-bond donors (Lipinski definition) is 4. The van der Waals surface area contributed by atoms with Crippen LogP contribution >= 0.6 is 0 Å². The van der Waals surface area contributed by atoms with Crippen molar-refractivity contribution in [2.45, 2.75) is 19.8 Å². The average Bonchev–Trinajstić information content (AvgIpc) is 3.48. The number of rotatable bonds is 6. The fourth-order valence-corrected chi connectivity index (χ4v) is 3.58. The van der Waals surface area contributed by atoms with E-state index in [-0.39, 0.29) is 28.4 Å². The molecule has 0 atom stereocenters. The van der Waals surface area contributed by atoms with E-state index in [1.165, 1.54) is 19.4 Å². The molecule has 31 heavy (non-hydrogen) atoms. The molecule has 0 bridgehead atoms. The largest absolute Gasteiger partial charge is 0.493 e. The van der Waals surface area contributed by atoms with Crippen LogP contribution in [-0.2, 0) is 0 Å². The van der Waals surface area contributed by atoms with Crippen LogP contribution in [0.15, 0.2) is 50.6 Å². The molecule has 10 nitrogen and oxygen atoms in total. The Hall–Kier alpha value is -4.21. The number of benzene rings is 1. The molecule has 4 N–H and O–H groups in total. The van der Waals surface area contributed by atoms with Crippen LogP contribution in [0.3, 0.4) is 0 Å². The number of furan rings is 1. The molecular formula is C21H20N4O6. The van der Waals surface area contributed by atoms with Crippen molar-refractivity contribution in [1.82, 2.24) is 20.4 Å². The number of hydrogen-bond acceptors (Lipinski definition) is 6. The molecule has 4 aromatic rings. The van der Waals surface area contributed by atoms with Gasteiger partial charge < -0.3 is 24.1 Å². The van der Waals surface area contributed by atoms with Gasteiger partial charge in [-0.05, 0) is 43.7 Å². The average molecular weight is 424 g/mol. The lowest BCUT2D eigenvalue weighted by atomic mass is 9.85. The summed E-state index contributed by atoms with van der Waals surface area (Å²) in [7, 11) is 1.43. The number of aromatic nitrogens is 4. The summed E-state index contributed by atoms with van der Waals surface area (Å²) in [5.41, 5.74) is 1.93. The zero-order valence-electron chi connectivity index (χ0n) is 17.0. The van der Waals surface area contributed by atoms with Gasteiger partial charge >= 0.3 is 5.97 Å². The monoisotopic (exact) mass is 424 g/mol. The molecule has 0 radical (unpaired) electrons. The van der Waals surface area contributed by atoms with Crippen molar-refractivity contribution in [3.05, 3.63) is 91.1 Å². The first-order valence-corrected chi connectivity index (χ1v) is 9.38. The maximum absolute atomic E-state index is 12.6. The highest BCUT2D eigenvalue weighted by atomic mass is 16.6. The van der Waals surface area contributed by atoms with Gasteiger partial charge in [-0.2, -0.15) is 0 Å². The SMILES string of the molecule is COc1cc(C(c2c(C)[nH][nH]c2=O)c2c(C)[nH][nH]c2=O)ccc1OC(=O)c1ccco1. The van der Waals surface area contributed by atoms with Crippen LogP contribution in [0.2, 0.25) is 0 Å². The number of nitrogens with one attached hydrogen (secondary N) is 4. The first-order chi connectivity index (χ1) is 14.9. The predicted molar refractivity (Wildman–Crippen MR) is 110 cm³/mol. The molecule has 10 heteroatoms. The Morgan fingerprint density at radius 2 is 1.58 bits per heavy atom. The van der Waals surface area contributed by atoms with Gasteiger partial charge in [0.1, 0.15) is 0 Å². The minimum atomic E-state index is -0.686. The summed E-state index contributed by atoms with van der Waals surface area (Å²) < 4.78 is 15.9. The molecule has 4 rings (SSSR count). The van der Waals surface area contributed by atoms with Crippen molar-refractivity contribution in [1.29, 1.82) is 0 Å². The van der Waals surface area contributed by atoms with Gasteiger partial charge in [0.15, 0.2) is 11.5 Å². The number of esters is 1. The van der Waals surface area contributed by atoms with Crippen LogP contribution in [0.4, 0.5) is 0 Å². The van der Waals surface area contributed by atoms with Crippen LogP contribution < -0.4 is 20.6 Å². The lowest BCUT2D eigenvalue weighted by molar-refractivity contribution is 0.0696. The lowest BCUT2D eigenvalue weighted by Gasteiger charge is -2.18. The Bertz CT molecular complexity index is 1280. The summed E-state index contributed by atoms with van der Waals surface area (Å²) in [5, 5.41) is 10.7. The molecule has 3 heterocycles. The smallest absolute Gasteiger partial charge is 0.379 e. The standard InChI is InChI=1S/C21H20N4O6/c1-10-16(19(26)24-22-10)18(17-11(2)23-25-20(17)27)12-6-7-13(15(9-12)29-3)31-21(28)14-5-4-8-30-14/h4-9,18H,1-3H3,(H2,22,24,26)(H2,23,25,27). The van der Waals surface area contributed by atoms with Gasteiger partial charge in [-0.3, -0.25) is 19.8 Å². The summed E-state index contributed by atoms with van der Waals surface area (Å²) in [5.74, 6) is -0.882. The Morgan fingerprint density at radius 3 is 2.06 bits per heavy atom. The van der Waals surface area contributed by atoms with E-state index in [1.807, 2.05) is 0 Å². The van der Waals surface area contributed by atoms with E-state index < -0.39 is 11.9 Å². The number of aromatic amines is 4.